The number of nitrogens with zero attached hydrogens (tertiary/aromatic N) is 1. The highest BCUT2D eigenvalue weighted by molar-refractivity contribution is 5.76. The van der Waals surface area contributed by atoms with Crippen LogP contribution in [0.5, 0.6) is 5.75 Å². The zero-order valence-corrected chi connectivity index (χ0v) is 9.48. The number of ether oxygens (including phenoxy) is 1. The van der Waals surface area contributed by atoms with Gasteiger partial charge in [0.25, 0.3) is 0 Å². The number of halogens is 3. The van der Waals surface area contributed by atoms with Gasteiger partial charge in [0.15, 0.2) is 6.39 Å². The quantitative estimate of drug-likeness (QED) is 0.802. The Morgan fingerprint density at radius 2 is 2.11 bits per heavy atom. The summed E-state index contributed by atoms with van der Waals surface area (Å²) in [7, 11) is 0. The zero-order valence-electron chi connectivity index (χ0n) is 9.48. The molecule has 1 aromatic carbocycles. The Morgan fingerprint density at radius 3 is 2.68 bits per heavy atom. The van der Waals surface area contributed by atoms with E-state index in [1.807, 2.05) is 0 Å². The number of carbonyl (C=O) groups is 1. The molecule has 0 fully saturated rings. The Labute approximate surface area is 105 Å². The molecule has 0 amide bonds. The van der Waals surface area contributed by atoms with Gasteiger partial charge >= 0.3 is 6.36 Å². The van der Waals surface area contributed by atoms with Crippen molar-refractivity contribution in [2.24, 2.45) is 0 Å². The van der Waals surface area contributed by atoms with Crippen molar-refractivity contribution in [3.05, 3.63) is 47.7 Å². The van der Waals surface area contributed by atoms with E-state index in [4.69, 9.17) is 4.42 Å². The third kappa shape index (κ3) is 3.84. The summed E-state index contributed by atoms with van der Waals surface area (Å²) in [6.07, 6.45) is -1.52. The standard InChI is InChI=1S/C12H8F3NO3/c13-12(14,15)19-11-3-8(1-9(4-11)5-17)2-10-6-18-7-16-10/h1,3-7H,2H2. The van der Waals surface area contributed by atoms with Gasteiger partial charge in [0, 0.05) is 12.0 Å². The molecule has 1 heterocycles. The smallest absolute Gasteiger partial charge is 0.451 e. The van der Waals surface area contributed by atoms with E-state index < -0.39 is 12.1 Å². The van der Waals surface area contributed by atoms with Crippen molar-refractivity contribution >= 4 is 6.29 Å². The highest BCUT2D eigenvalue weighted by Crippen LogP contribution is 2.25. The van der Waals surface area contributed by atoms with Gasteiger partial charge in [-0.2, -0.15) is 0 Å². The molecule has 0 N–H and O–H groups in total. The molecule has 100 valence electrons. The molecule has 0 aliphatic rings. The Balaban J connectivity index is 2.28. The normalized spacial score (nSPS) is 11.3. The van der Waals surface area contributed by atoms with Gasteiger partial charge in [-0.1, -0.05) is 0 Å². The van der Waals surface area contributed by atoms with Crippen LogP contribution in [0, 0.1) is 0 Å². The minimum atomic E-state index is -4.80. The molecule has 4 nitrogen and oxygen atoms in total. The van der Waals surface area contributed by atoms with Crippen molar-refractivity contribution in [3.63, 3.8) is 0 Å². The topological polar surface area (TPSA) is 52.3 Å². The molecule has 2 aromatic rings. The van der Waals surface area contributed by atoms with Crippen LogP contribution in [0.25, 0.3) is 0 Å². The van der Waals surface area contributed by atoms with Crippen LogP contribution in [0.3, 0.4) is 0 Å². The molecule has 0 saturated carbocycles. The molecule has 0 aliphatic carbocycles. The molecule has 0 atom stereocenters. The Kier molecular flexibility index (Phi) is 3.55. The monoisotopic (exact) mass is 271 g/mol. The van der Waals surface area contributed by atoms with Gasteiger partial charge in [-0.05, 0) is 23.8 Å². The van der Waals surface area contributed by atoms with Crippen LogP contribution in [-0.4, -0.2) is 17.6 Å². The molecule has 0 unspecified atom stereocenters. The summed E-state index contributed by atoms with van der Waals surface area (Å²) in [5, 5.41) is 0. The van der Waals surface area contributed by atoms with Crippen LogP contribution >= 0.6 is 0 Å². The summed E-state index contributed by atoms with van der Waals surface area (Å²) >= 11 is 0. The molecule has 0 bridgehead atoms. The summed E-state index contributed by atoms with van der Waals surface area (Å²) in [6.45, 7) is 0. The fraction of sp³-hybridized carbons (Fsp3) is 0.167. The lowest BCUT2D eigenvalue weighted by molar-refractivity contribution is -0.274. The van der Waals surface area contributed by atoms with Gasteiger partial charge < -0.3 is 9.15 Å². The van der Waals surface area contributed by atoms with Crippen molar-refractivity contribution in [2.45, 2.75) is 12.8 Å². The highest BCUT2D eigenvalue weighted by atomic mass is 19.4. The maximum Gasteiger partial charge on any atom is 0.573 e. The first-order chi connectivity index (χ1) is 8.96. The van der Waals surface area contributed by atoms with Gasteiger partial charge in [-0.25, -0.2) is 4.98 Å². The maximum absolute atomic E-state index is 12.1. The first-order valence-electron chi connectivity index (χ1n) is 5.18. The molecule has 7 heteroatoms. The molecule has 19 heavy (non-hydrogen) atoms. The van der Waals surface area contributed by atoms with E-state index in [0.717, 1.165) is 6.07 Å². The van der Waals surface area contributed by atoms with E-state index in [0.29, 0.717) is 17.5 Å². The Hall–Kier alpha value is -2.31. The van der Waals surface area contributed by atoms with Gasteiger partial charge in [0.2, 0.25) is 0 Å². The number of hydrogen-bond acceptors (Lipinski definition) is 4. The lowest BCUT2D eigenvalue weighted by Crippen LogP contribution is -2.17. The largest absolute Gasteiger partial charge is 0.573 e. The second-order valence-corrected chi connectivity index (χ2v) is 3.73. The summed E-state index contributed by atoms with van der Waals surface area (Å²) in [5.74, 6) is -0.435. The SMILES string of the molecule is O=Cc1cc(Cc2cocn2)cc(OC(F)(F)F)c1. The van der Waals surface area contributed by atoms with Crippen LogP contribution < -0.4 is 4.74 Å². The Bertz CT molecular complexity index is 564. The molecule has 0 radical (unpaired) electrons. The number of aldehydes is 1. The molecule has 1 aromatic heterocycles. The first-order valence-corrected chi connectivity index (χ1v) is 5.18. The predicted molar refractivity (Wildman–Crippen MR) is 57.8 cm³/mol. The van der Waals surface area contributed by atoms with Crippen molar-refractivity contribution in [3.8, 4) is 5.75 Å². The van der Waals surface area contributed by atoms with E-state index in [-0.39, 0.29) is 12.0 Å². The highest BCUT2D eigenvalue weighted by Gasteiger charge is 2.31. The van der Waals surface area contributed by atoms with Gasteiger partial charge in [0.1, 0.15) is 18.3 Å². The van der Waals surface area contributed by atoms with Crippen LogP contribution in [0.4, 0.5) is 13.2 Å². The minimum absolute atomic E-state index is 0.0974. The fourth-order valence-electron chi connectivity index (χ4n) is 1.58. The average Bonchev–Trinajstić information content (AvgIpc) is 2.79. The predicted octanol–water partition coefficient (Wildman–Crippen LogP) is 2.98. The minimum Gasteiger partial charge on any atom is -0.451 e. The average molecular weight is 271 g/mol. The van der Waals surface area contributed by atoms with E-state index in [1.165, 1.54) is 24.8 Å². The van der Waals surface area contributed by atoms with Crippen LogP contribution in [0.1, 0.15) is 21.6 Å². The van der Waals surface area contributed by atoms with Crippen molar-refractivity contribution < 1.29 is 27.1 Å². The van der Waals surface area contributed by atoms with Gasteiger partial charge in [-0.15, -0.1) is 13.2 Å². The number of hydrogen-bond donors (Lipinski definition) is 0. The lowest BCUT2D eigenvalue weighted by atomic mass is 10.1. The number of benzene rings is 1. The fourth-order valence-corrected chi connectivity index (χ4v) is 1.58. The molecule has 0 spiro atoms. The van der Waals surface area contributed by atoms with Crippen LogP contribution in [0.2, 0.25) is 0 Å². The van der Waals surface area contributed by atoms with Crippen LogP contribution in [-0.2, 0) is 6.42 Å². The third-order valence-electron chi connectivity index (χ3n) is 2.23. The molecule has 0 saturated heterocycles. The Morgan fingerprint density at radius 1 is 1.32 bits per heavy atom. The summed E-state index contributed by atoms with van der Waals surface area (Å²) < 4.78 is 45.0. The second-order valence-electron chi connectivity index (χ2n) is 3.73. The number of oxazole rings is 1. The third-order valence-corrected chi connectivity index (χ3v) is 2.23. The van der Waals surface area contributed by atoms with Gasteiger partial charge in [0.05, 0.1) is 5.69 Å². The molecular weight excluding hydrogens is 263 g/mol. The van der Waals surface area contributed by atoms with E-state index in [1.54, 1.807) is 0 Å². The number of aromatic nitrogens is 1. The second kappa shape index (κ2) is 5.13. The molecule has 2 rings (SSSR count). The first kappa shape index (κ1) is 13.1. The van der Waals surface area contributed by atoms with Gasteiger partial charge in [-0.3, -0.25) is 4.79 Å². The van der Waals surface area contributed by atoms with Crippen LogP contribution in [0.15, 0.2) is 35.3 Å². The van der Waals surface area contributed by atoms with Crippen molar-refractivity contribution in [1.82, 2.24) is 4.98 Å². The number of rotatable bonds is 4. The number of carbonyl (C=O) groups excluding carboxylic acids is 1. The van der Waals surface area contributed by atoms with Crippen molar-refractivity contribution in [1.29, 1.82) is 0 Å². The zero-order chi connectivity index (χ0) is 13.9. The van der Waals surface area contributed by atoms with E-state index in [9.17, 15) is 18.0 Å². The maximum atomic E-state index is 12.1. The van der Waals surface area contributed by atoms with E-state index in [2.05, 4.69) is 9.72 Å². The summed E-state index contributed by atoms with van der Waals surface area (Å²) in [5.41, 5.74) is 1.11. The number of alkyl halides is 3. The molecule has 0 aliphatic heterocycles. The summed E-state index contributed by atoms with van der Waals surface area (Å²) in [4.78, 5) is 14.6. The lowest BCUT2D eigenvalue weighted by Gasteiger charge is -2.10. The molecular formula is C12H8F3NO3. The van der Waals surface area contributed by atoms with E-state index >= 15 is 0 Å². The van der Waals surface area contributed by atoms with Crippen molar-refractivity contribution in [2.75, 3.05) is 0 Å². The summed E-state index contributed by atoms with van der Waals surface area (Å²) in [6, 6.07) is 3.69.